The third-order valence-electron chi connectivity index (χ3n) is 2.38. The molecule has 2 aromatic rings. The third kappa shape index (κ3) is 1.98. The number of hydrogen-bond donors (Lipinski definition) is 1. The van der Waals surface area contributed by atoms with Gasteiger partial charge in [0, 0.05) is 49.0 Å². The number of aromatic nitrogens is 1. The summed E-state index contributed by atoms with van der Waals surface area (Å²) in [6.45, 7) is 0. The number of carbonyl (C=O) groups is 1. The normalized spacial score (nSPS) is 11.1. The summed E-state index contributed by atoms with van der Waals surface area (Å²) in [6.07, 6.45) is 5.09. The van der Waals surface area contributed by atoms with Gasteiger partial charge in [-0.1, -0.05) is 18.2 Å². The fourth-order valence-electron chi connectivity index (χ4n) is 1.58. The van der Waals surface area contributed by atoms with Crippen molar-refractivity contribution in [1.29, 1.82) is 0 Å². The van der Waals surface area contributed by atoms with E-state index in [0.29, 0.717) is 5.56 Å². The Morgan fingerprint density at radius 3 is 2.81 bits per heavy atom. The first kappa shape index (κ1) is 10.5. The summed E-state index contributed by atoms with van der Waals surface area (Å²) in [5.74, 6) is 0.0196. The van der Waals surface area contributed by atoms with E-state index >= 15 is 0 Å². The van der Waals surface area contributed by atoms with Gasteiger partial charge in [-0.15, -0.1) is 0 Å². The smallest absolute Gasteiger partial charge is 0.189 e. The third-order valence-corrected chi connectivity index (χ3v) is 2.38. The highest BCUT2D eigenvalue weighted by Gasteiger charge is 2.08. The van der Waals surface area contributed by atoms with Gasteiger partial charge in [-0.25, -0.2) is 0 Å². The molecule has 0 amide bonds. The van der Waals surface area contributed by atoms with Gasteiger partial charge in [0.05, 0.1) is 0 Å². The van der Waals surface area contributed by atoms with Gasteiger partial charge in [-0.3, -0.25) is 4.79 Å². The Morgan fingerprint density at radius 1 is 1.31 bits per heavy atom. The van der Waals surface area contributed by atoms with Gasteiger partial charge >= 0.3 is 0 Å². The van der Waals surface area contributed by atoms with Crippen LogP contribution < -0.4 is 0 Å². The van der Waals surface area contributed by atoms with Crippen LogP contribution >= 0.6 is 0 Å². The molecule has 0 aliphatic carbocycles. The van der Waals surface area contributed by atoms with Crippen LogP contribution in [-0.2, 0) is 0 Å². The van der Waals surface area contributed by atoms with Crippen molar-refractivity contribution < 1.29 is 4.79 Å². The zero-order chi connectivity index (χ0) is 11.5. The zero-order valence-electron chi connectivity index (χ0n) is 9.40. The predicted octanol–water partition coefficient (Wildman–Crippen LogP) is 2.43. The van der Waals surface area contributed by atoms with E-state index in [1.807, 2.05) is 43.3 Å². The number of nitrogens with zero attached hydrogens (tertiary/aromatic N) is 1. The molecule has 0 bridgehead atoms. The van der Waals surface area contributed by atoms with Crippen molar-refractivity contribution in [3.05, 3.63) is 48.3 Å². The maximum absolute atomic E-state index is 11.9. The van der Waals surface area contributed by atoms with E-state index in [2.05, 4.69) is 4.98 Å². The molecule has 0 unspecified atom stereocenters. The quantitative estimate of drug-likeness (QED) is 0.629. The lowest BCUT2D eigenvalue weighted by Gasteiger charge is -2.02. The van der Waals surface area contributed by atoms with Gasteiger partial charge in [0.1, 0.15) is 0 Å². The summed E-state index contributed by atoms with van der Waals surface area (Å²) in [6, 6.07) is 7.79. The highest BCUT2D eigenvalue weighted by atomic mass is 16.1. The maximum atomic E-state index is 11.9. The predicted molar refractivity (Wildman–Crippen MR) is 65.5 cm³/mol. The number of para-hydroxylation sites is 1. The minimum atomic E-state index is 0.0196. The van der Waals surface area contributed by atoms with Crippen molar-refractivity contribution in [2.45, 2.75) is 0 Å². The van der Waals surface area contributed by atoms with E-state index in [1.165, 1.54) is 0 Å². The molecule has 1 N–H and O–H groups in total. The van der Waals surface area contributed by atoms with Crippen LogP contribution in [0.3, 0.4) is 0 Å². The monoisotopic (exact) mass is 214 g/mol. The summed E-state index contributed by atoms with van der Waals surface area (Å²) in [4.78, 5) is 16.8. The largest absolute Gasteiger partial charge is 0.383 e. The van der Waals surface area contributed by atoms with Gasteiger partial charge in [0.2, 0.25) is 0 Å². The summed E-state index contributed by atoms with van der Waals surface area (Å²) in [5, 5.41) is 0.968. The average molecular weight is 214 g/mol. The number of ketones is 1. The highest BCUT2D eigenvalue weighted by Crippen LogP contribution is 2.18. The van der Waals surface area contributed by atoms with Gasteiger partial charge in [-0.2, -0.15) is 0 Å². The number of aromatic amines is 1. The number of allylic oxidation sites excluding steroid dienone is 1. The van der Waals surface area contributed by atoms with Crippen molar-refractivity contribution in [2.24, 2.45) is 0 Å². The van der Waals surface area contributed by atoms with Crippen LogP contribution in [0, 0.1) is 0 Å². The molecule has 1 aromatic carbocycles. The van der Waals surface area contributed by atoms with Gasteiger partial charge < -0.3 is 9.88 Å². The van der Waals surface area contributed by atoms with Crippen molar-refractivity contribution in [3.63, 3.8) is 0 Å². The van der Waals surface area contributed by atoms with E-state index in [4.69, 9.17) is 0 Å². The van der Waals surface area contributed by atoms with Crippen LogP contribution in [0.5, 0.6) is 0 Å². The lowest BCUT2D eigenvalue weighted by atomic mass is 10.1. The number of benzene rings is 1. The first-order valence-corrected chi connectivity index (χ1v) is 5.13. The Labute approximate surface area is 94.4 Å². The second kappa shape index (κ2) is 4.23. The Morgan fingerprint density at radius 2 is 2.06 bits per heavy atom. The average Bonchev–Trinajstić information content (AvgIpc) is 2.69. The summed E-state index contributed by atoms with van der Waals surface area (Å²) < 4.78 is 0. The molecule has 1 aromatic heterocycles. The Balaban J connectivity index is 2.37. The van der Waals surface area contributed by atoms with Crippen molar-refractivity contribution in [3.8, 4) is 0 Å². The number of fused-ring (bicyclic) bond motifs is 1. The Bertz CT molecular complexity index is 538. The van der Waals surface area contributed by atoms with Crippen LogP contribution in [0.2, 0.25) is 0 Å². The van der Waals surface area contributed by atoms with E-state index < -0.39 is 0 Å². The van der Waals surface area contributed by atoms with E-state index in [-0.39, 0.29) is 5.78 Å². The topological polar surface area (TPSA) is 36.1 Å². The minimum absolute atomic E-state index is 0.0196. The molecule has 2 rings (SSSR count). The molecule has 16 heavy (non-hydrogen) atoms. The van der Waals surface area contributed by atoms with Crippen molar-refractivity contribution >= 4 is 16.7 Å². The lowest BCUT2D eigenvalue weighted by Crippen LogP contribution is -2.02. The van der Waals surface area contributed by atoms with Gasteiger partial charge in [0.15, 0.2) is 5.78 Å². The minimum Gasteiger partial charge on any atom is -0.383 e. The van der Waals surface area contributed by atoms with Crippen LogP contribution in [0.1, 0.15) is 10.4 Å². The molecule has 0 radical (unpaired) electrons. The number of nitrogens with one attached hydrogen (secondary N) is 1. The van der Waals surface area contributed by atoms with Crippen molar-refractivity contribution in [1.82, 2.24) is 9.88 Å². The second-order valence-electron chi connectivity index (χ2n) is 3.89. The van der Waals surface area contributed by atoms with Crippen LogP contribution in [0.15, 0.2) is 42.7 Å². The Hall–Kier alpha value is -2.03. The first-order chi connectivity index (χ1) is 7.68. The van der Waals surface area contributed by atoms with Gasteiger partial charge in [-0.05, 0) is 6.07 Å². The summed E-state index contributed by atoms with van der Waals surface area (Å²) in [7, 11) is 3.78. The molecule has 0 saturated carbocycles. The van der Waals surface area contributed by atoms with Crippen molar-refractivity contribution in [2.75, 3.05) is 14.1 Å². The Kier molecular flexibility index (Phi) is 2.77. The number of carbonyl (C=O) groups excluding carboxylic acids is 1. The SMILES string of the molecule is CN(C)/C=C/C(=O)c1c[nH]c2ccccc12. The molecule has 3 heteroatoms. The van der Waals surface area contributed by atoms with E-state index in [1.54, 1.807) is 18.5 Å². The molecule has 0 saturated heterocycles. The summed E-state index contributed by atoms with van der Waals surface area (Å²) in [5.41, 5.74) is 1.71. The molecule has 82 valence electrons. The molecule has 3 nitrogen and oxygen atoms in total. The number of rotatable bonds is 3. The van der Waals surface area contributed by atoms with Crippen LogP contribution in [-0.4, -0.2) is 29.8 Å². The molecule has 1 heterocycles. The molecule has 0 aliphatic heterocycles. The highest BCUT2D eigenvalue weighted by molar-refractivity contribution is 6.13. The number of H-pyrrole nitrogens is 1. The van der Waals surface area contributed by atoms with Gasteiger partial charge in [0.25, 0.3) is 0 Å². The first-order valence-electron chi connectivity index (χ1n) is 5.13. The zero-order valence-corrected chi connectivity index (χ0v) is 9.40. The molecule has 0 aliphatic rings. The standard InChI is InChI=1S/C13H14N2O/c1-15(2)8-7-13(16)11-9-14-12-6-4-3-5-10(11)12/h3-9,14H,1-2H3/b8-7+. The van der Waals surface area contributed by atoms with Crippen LogP contribution in [0.4, 0.5) is 0 Å². The molecular weight excluding hydrogens is 200 g/mol. The maximum Gasteiger partial charge on any atom is 0.189 e. The van der Waals surface area contributed by atoms with E-state index in [0.717, 1.165) is 10.9 Å². The molecule has 0 atom stereocenters. The number of hydrogen-bond acceptors (Lipinski definition) is 2. The lowest BCUT2D eigenvalue weighted by molar-refractivity contribution is 0.104. The fourth-order valence-corrected chi connectivity index (χ4v) is 1.58. The molecule has 0 fully saturated rings. The molecular formula is C13H14N2O. The fraction of sp³-hybridized carbons (Fsp3) is 0.154. The van der Waals surface area contributed by atoms with E-state index in [9.17, 15) is 4.79 Å². The molecule has 0 spiro atoms. The summed E-state index contributed by atoms with van der Waals surface area (Å²) >= 11 is 0. The van der Waals surface area contributed by atoms with Crippen LogP contribution in [0.25, 0.3) is 10.9 Å². The second-order valence-corrected chi connectivity index (χ2v) is 3.89.